The maximum absolute atomic E-state index is 12.2. The standard InChI is InChI=1S/C21H18N2O2S.C4H11N/c1-26-19-10-8-16(9-11-19)17-5-2-4-15(12-17)13-22-21(25)20-7-3-6-18(14-24)23-20;1-4(2)5-3/h2-12,14H,13H2,1H3,(H,22,25);4-5H,1-3H3. The van der Waals surface area contributed by atoms with Crippen molar-refractivity contribution in [2.75, 3.05) is 13.3 Å². The van der Waals surface area contributed by atoms with Crippen LogP contribution in [-0.2, 0) is 6.54 Å². The summed E-state index contributed by atoms with van der Waals surface area (Å²) in [6.07, 6.45) is 2.68. The van der Waals surface area contributed by atoms with Crippen LogP contribution in [0.2, 0.25) is 0 Å². The van der Waals surface area contributed by atoms with Crippen LogP contribution in [0, 0.1) is 0 Å². The molecule has 5 nitrogen and oxygen atoms in total. The molecule has 6 heteroatoms. The zero-order chi connectivity index (χ0) is 22.6. The molecule has 0 bridgehead atoms. The van der Waals surface area contributed by atoms with Gasteiger partial charge in [-0.05, 0) is 60.3 Å². The molecule has 0 unspecified atom stereocenters. The smallest absolute Gasteiger partial charge is 0.270 e. The number of amides is 1. The molecule has 1 aromatic heterocycles. The van der Waals surface area contributed by atoms with Gasteiger partial charge < -0.3 is 10.6 Å². The number of nitrogens with zero attached hydrogens (tertiary/aromatic N) is 1. The van der Waals surface area contributed by atoms with Gasteiger partial charge in [-0.25, -0.2) is 4.98 Å². The summed E-state index contributed by atoms with van der Waals surface area (Å²) in [5.74, 6) is -0.302. The van der Waals surface area contributed by atoms with E-state index in [0.29, 0.717) is 18.9 Å². The molecule has 0 spiro atoms. The SMILES string of the molecule is CNC(C)C.CSc1ccc(-c2cccc(CNC(=O)c3cccc(C=O)n3)c2)cc1. The number of nitrogens with one attached hydrogen (secondary N) is 2. The molecule has 2 N–H and O–H groups in total. The van der Waals surface area contributed by atoms with E-state index >= 15 is 0 Å². The van der Waals surface area contributed by atoms with Crippen molar-refractivity contribution in [3.05, 3.63) is 83.7 Å². The van der Waals surface area contributed by atoms with Crippen LogP contribution in [0.1, 0.15) is 40.4 Å². The minimum Gasteiger partial charge on any atom is -0.347 e. The van der Waals surface area contributed by atoms with E-state index in [1.807, 2.05) is 19.2 Å². The maximum atomic E-state index is 12.2. The first-order chi connectivity index (χ1) is 15.0. The van der Waals surface area contributed by atoms with Crippen molar-refractivity contribution >= 4 is 24.0 Å². The van der Waals surface area contributed by atoms with Crippen LogP contribution < -0.4 is 10.6 Å². The molecule has 0 aliphatic carbocycles. The van der Waals surface area contributed by atoms with E-state index < -0.39 is 0 Å². The Labute approximate surface area is 188 Å². The number of rotatable bonds is 7. The Morgan fingerprint density at radius 3 is 2.32 bits per heavy atom. The van der Waals surface area contributed by atoms with Crippen molar-refractivity contribution in [2.24, 2.45) is 0 Å². The minimum atomic E-state index is -0.302. The molecule has 3 aromatic rings. The van der Waals surface area contributed by atoms with Gasteiger partial charge in [0.1, 0.15) is 11.4 Å². The molecule has 0 saturated carbocycles. The zero-order valence-electron chi connectivity index (χ0n) is 18.4. The third-order valence-corrected chi connectivity index (χ3v) is 5.25. The minimum absolute atomic E-state index is 0.235. The van der Waals surface area contributed by atoms with E-state index in [2.05, 4.69) is 72.1 Å². The Bertz CT molecular complexity index is 988. The first-order valence-electron chi connectivity index (χ1n) is 10.1. The molecule has 162 valence electrons. The Hall–Kier alpha value is -2.96. The molecule has 0 atom stereocenters. The van der Waals surface area contributed by atoms with E-state index in [1.165, 1.54) is 4.90 Å². The predicted molar refractivity (Wildman–Crippen MR) is 129 cm³/mol. The van der Waals surface area contributed by atoms with Gasteiger partial charge in [-0.1, -0.05) is 50.2 Å². The summed E-state index contributed by atoms with van der Waals surface area (Å²) in [5.41, 5.74) is 3.71. The van der Waals surface area contributed by atoms with Gasteiger partial charge in [-0.15, -0.1) is 11.8 Å². The lowest BCUT2D eigenvalue weighted by atomic mass is 10.0. The Morgan fingerprint density at radius 1 is 1.03 bits per heavy atom. The monoisotopic (exact) mass is 435 g/mol. The number of benzene rings is 2. The van der Waals surface area contributed by atoms with Gasteiger partial charge in [0.2, 0.25) is 0 Å². The second-order valence-electron chi connectivity index (χ2n) is 7.12. The molecule has 0 radical (unpaired) electrons. The Morgan fingerprint density at radius 2 is 1.71 bits per heavy atom. The number of hydrogen-bond donors (Lipinski definition) is 2. The van der Waals surface area contributed by atoms with E-state index in [4.69, 9.17) is 0 Å². The van der Waals surface area contributed by atoms with Crippen molar-refractivity contribution in [1.82, 2.24) is 15.6 Å². The Kier molecular flexibility index (Phi) is 9.94. The lowest BCUT2D eigenvalue weighted by Crippen LogP contribution is -2.24. The summed E-state index contributed by atoms with van der Waals surface area (Å²) in [4.78, 5) is 28.2. The number of thioether (sulfide) groups is 1. The quantitative estimate of drug-likeness (QED) is 0.411. The average molecular weight is 436 g/mol. The molecule has 0 aliphatic rings. The van der Waals surface area contributed by atoms with Crippen LogP contribution >= 0.6 is 11.8 Å². The molecular weight excluding hydrogens is 406 g/mol. The average Bonchev–Trinajstić information content (AvgIpc) is 2.83. The highest BCUT2D eigenvalue weighted by Crippen LogP contribution is 2.23. The fourth-order valence-electron chi connectivity index (χ4n) is 2.56. The van der Waals surface area contributed by atoms with Crippen LogP contribution in [0.15, 0.2) is 71.6 Å². The van der Waals surface area contributed by atoms with Gasteiger partial charge in [0.25, 0.3) is 5.91 Å². The van der Waals surface area contributed by atoms with E-state index in [9.17, 15) is 9.59 Å². The van der Waals surface area contributed by atoms with Gasteiger partial charge in [0, 0.05) is 17.5 Å². The number of aromatic nitrogens is 1. The second kappa shape index (κ2) is 12.7. The van der Waals surface area contributed by atoms with Crippen LogP contribution in [0.3, 0.4) is 0 Å². The van der Waals surface area contributed by atoms with Crippen LogP contribution in [0.25, 0.3) is 11.1 Å². The summed E-state index contributed by atoms with van der Waals surface area (Å²) in [5, 5.41) is 5.87. The highest BCUT2D eigenvalue weighted by atomic mass is 32.2. The van der Waals surface area contributed by atoms with Gasteiger partial charge in [-0.3, -0.25) is 9.59 Å². The summed E-state index contributed by atoms with van der Waals surface area (Å²) in [6.45, 7) is 4.61. The molecule has 3 rings (SSSR count). The van der Waals surface area contributed by atoms with E-state index in [0.717, 1.165) is 16.7 Å². The van der Waals surface area contributed by atoms with Gasteiger partial charge in [0.05, 0.1) is 0 Å². The van der Waals surface area contributed by atoms with Gasteiger partial charge >= 0.3 is 0 Å². The van der Waals surface area contributed by atoms with Crippen molar-refractivity contribution in [1.29, 1.82) is 0 Å². The third kappa shape index (κ3) is 8.00. The van der Waals surface area contributed by atoms with Crippen molar-refractivity contribution in [2.45, 2.75) is 31.3 Å². The predicted octanol–water partition coefficient (Wildman–Crippen LogP) is 4.83. The number of carbonyl (C=O) groups is 2. The van der Waals surface area contributed by atoms with Crippen molar-refractivity contribution in [3.8, 4) is 11.1 Å². The number of aldehydes is 1. The Balaban J connectivity index is 0.000000614. The van der Waals surface area contributed by atoms with Crippen LogP contribution in [0.5, 0.6) is 0 Å². The lowest BCUT2D eigenvalue weighted by Gasteiger charge is -2.08. The summed E-state index contributed by atoms with van der Waals surface area (Å²) in [6, 6.07) is 21.9. The fourth-order valence-corrected chi connectivity index (χ4v) is 2.97. The highest BCUT2D eigenvalue weighted by Gasteiger charge is 2.08. The highest BCUT2D eigenvalue weighted by molar-refractivity contribution is 7.98. The normalized spacial score (nSPS) is 10.2. The van der Waals surface area contributed by atoms with Crippen molar-refractivity contribution in [3.63, 3.8) is 0 Å². The molecular formula is C25H29N3O2S. The second-order valence-corrected chi connectivity index (χ2v) is 8.00. The molecule has 2 aromatic carbocycles. The summed E-state index contributed by atoms with van der Waals surface area (Å²) >= 11 is 1.71. The molecule has 31 heavy (non-hydrogen) atoms. The number of hydrogen-bond acceptors (Lipinski definition) is 5. The molecule has 0 saturated heterocycles. The third-order valence-electron chi connectivity index (χ3n) is 4.50. The van der Waals surface area contributed by atoms with Crippen molar-refractivity contribution < 1.29 is 9.59 Å². The summed E-state index contributed by atoms with van der Waals surface area (Å²) in [7, 11) is 1.95. The topological polar surface area (TPSA) is 71.1 Å². The largest absolute Gasteiger partial charge is 0.347 e. The van der Waals surface area contributed by atoms with Crippen LogP contribution in [0.4, 0.5) is 0 Å². The van der Waals surface area contributed by atoms with Gasteiger partial charge in [0.15, 0.2) is 6.29 Å². The van der Waals surface area contributed by atoms with E-state index in [-0.39, 0.29) is 17.3 Å². The number of carbonyl (C=O) groups excluding carboxylic acids is 2. The molecule has 0 fully saturated rings. The lowest BCUT2D eigenvalue weighted by molar-refractivity contribution is 0.0946. The van der Waals surface area contributed by atoms with Gasteiger partial charge in [-0.2, -0.15) is 0 Å². The fraction of sp³-hybridized carbons (Fsp3) is 0.240. The first-order valence-corrected chi connectivity index (χ1v) is 11.3. The molecule has 1 heterocycles. The maximum Gasteiger partial charge on any atom is 0.270 e. The first kappa shape index (κ1) is 24.3. The zero-order valence-corrected chi connectivity index (χ0v) is 19.2. The number of pyridine rings is 1. The summed E-state index contributed by atoms with van der Waals surface area (Å²) < 4.78 is 0. The van der Waals surface area contributed by atoms with Crippen LogP contribution in [-0.4, -0.2) is 36.5 Å². The van der Waals surface area contributed by atoms with E-state index in [1.54, 1.807) is 30.0 Å². The molecule has 1 amide bonds. The molecule has 0 aliphatic heterocycles.